The molecule has 0 spiro atoms. The minimum absolute atomic E-state index is 0.121. The lowest BCUT2D eigenvalue weighted by Gasteiger charge is -2.37. The van der Waals surface area contributed by atoms with E-state index in [1.807, 2.05) is 13.8 Å². The highest BCUT2D eigenvalue weighted by Crippen LogP contribution is 2.29. The van der Waals surface area contributed by atoms with Gasteiger partial charge in [-0.25, -0.2) is 4.79 Å². The molecule has 1 aromatic carbocycles. The van der Waals surface area contributed by atoms with E-state index in [1.54, 1.807) is 44.7 Å². The minimum Gasteiger partial charge on any atom is -0.508 e. The number of hydrogen-bond acceptors (Lipinski definition) is 5. The van der Waals surface area contributed by atoms with Gasteiger partial charge < -0.3 is 25.4 Å². The number of benzene rings is 1. The number of nitrogens with one attached hydrogen (secondary N) is 2. The van der Waals surface area contributed by atoms with E-state index in [0.717, 1.165) is 19.3 Å². The summed E-state index contributed by atoms with van der Waals surface area (Å²) in [7, 11) is 0. The van der Waals surface area contributed by atoms with Crippen LogP contribution in [-0.4, -0.2) is 52.6 Å². The predicted octanol–water partition coefficient (Wildman–Crippen LogP) is 4.84. The molecule has 0 saturated carbocycles. The number of carbonyl (C=O) groups is 3. The van der Waals surface area contributed by atoms with Gasteiger partial charge in [-0.15, -0.1) is 0 Å². The molecule has 3 amide bonds. The van der Waals surface area contributed by atoms with E-state index < -0.39 is 17.7 Å². The Morgan fingerprint density at radius 2 is 1.74 bits per heavy atom. The molecule has 0 bridgehead atoms. The summed E-state index contributed by atoms with van der Waals surface area (Å²) in [4.78, 5) is 40.7. The van der Waals surface area contributed by atoms with Crippen LogP contribution < -0.4 is 10.6 Å². The maximum absolute atomic E-state index is 13.5. The van der Waals surface area contributed by atoms with Crippen LogP contribution in [0.3, 0.4) is 0 Å². The smallest absolute Gasteiger partial charge is 0.408 e. The second-order valence-corrected chi connectivity index (χ2v) is 10.6. The molecular formula is C27H45N3O5. The number of aromatic hydroxyl groups is 1. The van der Waals surface area contributed by atoms with Crippen molar-refractivity contribution in [2.45, 2.75) is 98.8 Å². The van der Waals surface area contributed by atoms with Gasteiger partial charge in [0.1, 0.15) is 23.9 Å². The molecule has 8 nitrogen and oxygen atoms in total. The molecule has 1 rings (SSSR count). The molecular weight excluding hydrogens is 446 g/mol. The number of nitrogens with zero attached hydrogens (tertiary/aromatic N) is 1. The molecule has 0 aromatic heterocycles. The molecule has 8 heteroatoms. The van der Waals surface area contributed by atoms with Gasteiger partial charge in [-0.3, -0.25) is 9.59 Å². The highest BCUT2D eigenvalue weighted by molar-refractivity contribution is 5.90. The van der Waals surface area contributed by atoms with E-state index in [1.165, 1.54) is 6.07 Å². The summed E-state index contributed by atoms with van der Waals surface area (Å²) < 4.78 is 5.27. The number of aryl methyl sites for hydroxylation is 1. The summed E-state index contributed by atoms with van der Waals surface area (Å²) in [6, 6.07) is 3.78. The molecule has 0 heterocycles. The number of phenolic OH excluding ortho intramolecular Hbond substituents is 1. The van der Waals surface area contributed by atoms with Crippen LogP contribution in [0.1, 0.15) is 91.3 Å². The second-order valence-electron chi connectivity index (χ2n) is 10.6. The van der Waals surface area contributed by atoms with Crippen molar-refractivity contribution in [2.24, 2.45) is 5.92 Å². The minimum atomic E-state index is -0.902. The molecule has 1 aromatic rings. The van der Waals surface area contributed by atoms with Crippen LogP contribution in [0.4, 0.5) is 4.79 Å². The van der Waals surface area contributed by atoms with Crippen molar-refractivity contribution in [3.05, 3.63) is 29.3 Å². The zero-order valence-electron chi connectivity index (χ0n) is 22.7. The van der Waals surface area contributed by atoms with E-state index in [0.29, 0.717) is 30.0 Å². The quantitative estimate of drug-likeness (QED) is 0.363. The van der Waals surface area contributed by atoms with Crippen molar-refractivity contribution in [3.63, 3.8) is 0 Å². The first-order valence-corrected chi connectivity index (χ1v) is 12.6. The zero-order chi connectivity index (χ0) is 26.8. The molecule has 198 valence electrons. The lowest BCUT2D eigenvalue weighted by molar-refractivity contribution is -0.142. The third kappa shape index (κ3) is 10.6. The Morgan fingerprint density at radius 1 is 1.09 bits per heavy atom. The summed E-state index contributed by atoms with van der Waals surface area (Å²) in [6.07, 6.45) is 2.64. The maximum atomic E-state index is 13.5. The summed E-state index contributed by atoms with van der Waals surface area (Å²) >= 11 is 0. The topological polar surface area (TPSA) is 108 Å². The zero-order valence-corrected chi connectivity index (χ0v) is 22.7. The van der Waals surface area contributed by atoms with Crippen molar-refractivity contribution >= 4 is 17.9 Å². The van der Waals surface area contributed by atoms with Gasteiger partial charge in [0.05, 0.1) is 0 Å². The average Bonchev–Trinajstić information content (AvgIpc) is 2.75. The molecule has 0 radical (unpaired) electrons. The number of carbonyl (C=O) groups excluding carboxylic acids is 3. The molecule has 0 aliphatic heterocycles. The van der Waals surface area contributed by atoms with Gasteiger partial charge >= 0.3 is 6.09 Å². The lowest BCUT2D eigenvalue weighted by Crippen LogP contribution is -2.51. The fraction of sp³-hybridized carbons (Fsp3) is 0.667. The molecule has 35 heavy (non-hydrogen) atoms. The van der Waals surface area contributed by atoms with Crippen molar-refractivity contribution in [1.82, 2.24) is 15.5 Å². The first-order chi connectivity index (χ1) is 16.3. The van der Waals surface area contributed by atoms with Gasteiger partial charge in [0.15, 0.2) is 0 Å². The normalized spacial score (nSPS) is 13.2. The monoisotopic (exact) mass is 491 g/mol. The SMILES string of the molecule is CCCCNC(=O)C(c1ccc(O)c(C)c1)N(C(=O)CNC(=O)OC(C)(C)C)C(C)CCC(C)C. The van der Waals surface area contributed by atoms with E-state index in [4.69, 9.17) is 4.74 Å². The molecule has 3 N–H and O–H groups in total. The molecule has 0 saturated heterocycles. The highest BCUT2D eigenvalue weighted by Gasteiger charge is 2.35. The Morgan fingerprint density at radius 3 is 2.29 bits per heavy atom. The number of hydrogen-bond donors (Lipinski definition) is 3. The van der Waals surface area contributed by atoms with Crippen molar-refractivity contribution in [3.8, 4) is 5.75 Å². The van der Waals surface area contributed by atoms with E-state index >= 15 is 0 Å². The summed E-state index contributed by atoms with van der Waals surface area (Å²) in [5.74, 6) is -0.114. The maximum Gasteiger partial charge on any atom is 0.408 e. The van der Waals surface area contributed by atoms with E-state index in [2.05, 4.69) is 24.5 Å². The van der Waals surface area contributed by atoms with Crippen LogP contribution in [0.25, 0.3) is 0 Å². The number of ether oxygens (including phenoxy) is 1. The Bertz CT molecular complexity index is 848. The van der Waals surface area contributed by atoms with Gasteiger partial charge in [0.2, 0.25) is 11.8 Å². The van der Waals surface area contributed by atoms with Crippen LogP contribution in [-0.2, 0) is 14.3 Å². The van der Waals surface area contributed by atoms with Crippen molar-refractivity contribution in [2.75, 3.05) is 13.1 Å². The van der Waals surface area contributed by atoms with E-state index in [-0.39, 0.29) is 30.2 Å². The molecule has 2 unspecified atom stereocenters. The number of rotatable bonds is 12. The average molecular weight is 492 g/mol. The van der Waals surface area contributed by atoms with Crippen molar-refractivity contribution < 1.29 is 24.2 Å². The molecule has 0 fully saturated rings. The molecule has 0 aliphatic carbocycles. The van der Waals surface area contributed by atoms with Gasteiger partial charge in [-0.1, -0.05) is 33.3 Å². The molecule has 0 aliphatic rings. The summed E-state index contributed by atoms with van der Waals surface area (Å²) in [5.41, 5.74) is 0.530. The van der Waals surface area contributed by atoms with Crippen LogP contribution in [0.2, 0.25) is 0 Å². The largest absolute Gasteiger partial charge is 0.508 e. The Balaban J connectivity index is 3.34. The Hall–Kier alpha value is -2.77. The van der Waals surface area contributed by atoms with Crippen LogP contribution in [0.15, 0.2) is 18.2 Å². The first-order valence-electron chi connectivity index (χ1n) is 12.6. The van der Waals surface area contributed by atoms with Crippen LogP contribution in [0, 0.1) is 12.8 Å². The fourth-order valence-corrected chi connectivity index (χ4v) is 3.68. The highest BCUT2D eigenvalue weighted by atomic mass is 16.6. The third-order valence-corrected chi connectivity index (χ3v) is 5.60. The molecule has 2 atom stereocenters. The number of alkyl carbamates (subject to hydrolysis) is 1. The fourth-order valence-electron chi connectivity index (χ4n) is 3.68. The Kier molecular flexibility index (Phi) is 12.1. The number of unbranched alkanes of at least 4 members (excludes halogenated alkanes) is 1. The van der Waals surface area contributed by atoms with Crippen LogP contribution in [0.5, 0.6) is 5.75 Å². The predicted molar refractivity (Wildman–Crippen MR) is 138 cm³/mol. The van der Waals surface area contributed by atoms with E-state index in [9.17, 15) is 19.5 Å². The van der Waals surface area contributed by atoms with Gasteiger partial charge in [-0.05, 0) is 83.1 Å². The lowest BCUT2D eigenvalue weighted by atomic mass is 9.97. The Labute approximate surface area is 210 Å². The number of amides is 3. The van der Waals surface area contributed by atoms with Gasteiger partial charge in [0.25, 0.3) is 0 Å². The standard InChI is InChI=1S/C27H45N3O5/c1-9-10-15-28-25(33)24(21-13-14-22(31)19(4)16-21)30(20(5)12-11-18(2)3)23(32)17-29-26(34)35-27(6,7)8/h13-14,16,18,20,24,31H,9-12,15,17H2,1-8H3,(H,28,33)(H,29,34). The second kappa shape index (κ2) is 14.0. The van der Waals surface area contributed by atoms with Gasteiger partial charge in [-0.2, -0.15) is 0 Å². The number of phenols is 1. The first kappa shape index (κ1) is 30.3. The summed E-state index contributed by atoms with van der Waals surface area (Å²) in [5, 5.41) is 15.5. The van der Waals surface area contributed by atoms with Crippen molar-refractivity contribution in [1.29, 1.82) is 0 Å². The van der Waals surface area contributed by atoms with Crippen LogP contribution >= 0.6 is 0 Å². The summed E-state index contributed by atoms with van der Waals surface area (Å²) in [6.45, 7) is 15.4. The van der Waals surface area contributed by atoms with Gasteiger partial charge in [0, 0.05) is 12.6 Å². The third-order valence-electron chi connectivity index (χ3n) is 5.60.